The number of ether oxygens (including phenoxy) is 1. The van der Waals surface area contributed by atoms with E-state index in [4.69, 9.17) is 45.3 Å². The first-order valence-electron chi connectivity index (χ1n) is 8.80. The molecule has 0 saturated carbocycles. The van der Waals surface area contributed by atoms with Crippen LogP contribution < -0.4 is 16.4 Å². The summed E-state index contributed by atoms with van der Waals surface area (Å²) >= 11 is 18.3. The highest BCUT2D eigenvalue weighted by Crippen LogP contribution is 2.38. The van der Waals surface area contributed by atoms with Gasteiger partial charge in [0.15, 0.2) is 0 Å². The number of nitrogen functional groups attached to an aromatic ring is 1. The Kier molecular flexibility index (Phi) is 8.79. The highest BCUT2D eigenvalue weighted by molar-refractivity contribution is 6.45. The third kappa shape index (κ3) is 6.50. The van der Waals surface area contributed by atoms with Crippen LogP contribution in [0, 0.1) is 0 Å². The van der Waals surface area contributed by atoms with Crippen LogP contribution in [0.3, 0.4) is 0 Å². The molecule has 0 aliphatic heterocycles. The van der Waals surface area contributed by atoms with Gasteiger partial charge >= 0.3 is 0 Å². The lowest BCUT2D eigenvalue weighted by molar-refractivity contribution is 0.0911. The molecule has 9 heteroatoms. The number of hydrogen-bond acceptors (Lipinski definition) is 5. The molecule has 0 radical (unpaired) electrons. The number of nitrogens with two attached hydrogens (primary N) is 1. The number of benzene rings is 1. The van der Waals surface area contributed by atoms with Crippen molar-refractivity contribution in [1.29, 1.82) is 0 Å². The molecule has 152 valence electrons. The molecule has 2 rings (SSSR count). The van der Waals surface area contributed by atoms with Crippen LogP contribution >= 0.6 is 34.8 Å². The van der Waals surface area contributed by atoms with Gasteiger partial charge < -0.3 is 21.1 Å². The molecule has 0 unspecified atom stereocenters. The normalized spacial score (nSPS) is 11.1. The van der Waals surface area contributed by atoms with Crippen LogP contribution in [-0.4, -0.2) is 43.2 Å². The first-order valence-corrected chi connectivity index (χ1v) is 9.93. The molecule has 0 bridgehead atoms. The molecular formula is C19H23Cl3N4O2. The average molecular weight is 446 g/mol. The van der Waals surface area contributed by atoms with E-state index in [0.717, 1.165) is 6.54 Å². The Morgan fingerprint density at radius 1 is 1.14 bits per heavy atom. The summed E-state index contributed by atoms with van der Waals surface area (Å²) in [6, 6.07) is 6.84. The molecular weight excluding hydrogens is 423 g/mol. The molecule has 4 N–H and O–H groups in total. The van der Waals surface area contributed by atoms with Gasteiger partial charge in [0.2, 0.25) is 0 Å². The van der Waals surface area contributed by atoms with E-state index in [1.807, 2.05) is 0 Å². The fraction of sp³-hybridized carbons (Fsp3) is 0.368. The first kappa shape index (κ1) is 22.7. The van der Waals surface area contributed by atoms with Crippen molar-refractivity contribution in [2.24, 2.45) is 0 Å². The molecule has 2 aromatic rings. The Labute approximate surface area is 179 Å². The zero-order valence-electron chi connectivity index (χ0n) is 15.7. The molecule has 0 fully saturated rings. The van der Waals surface area contributed by atoms with Crippen molar-refractivity contribution in [3.63, 3.8) is 0 Å². The Balaban J connectivity index is 1.94. The van der Waals surface area contributed by atoms with Crippen LogP contribution in [0.1, 0.15) is 24.3 Å². The fourth-order valence-electron chi connectivity index (χ4n) is 2.43. The molecule has 28 heavy (non-hydrogen) atoms. The number of carbonyl (C=O) groups is 1. The minimum atomic E-state index is -0.336. The molecule has 0 spiro atoms. The maximum Gasteiger partial charge on any atom is 0.270 e. The SMILES string of the molecule is CC(C)NCCOCCNC(=O)c1ccc(-c2cc(Cl)cc(Cl)c2Cl)c(N)n1. The molecule has 0 aliphatic rings. The highest BCUT2D eigenvalue weighted by atomic mass is 35.5. The maximum atomic E-state index is 12.2. The van der Waals surface area contributed by atoms with Gasteiger partial charge in [-0.2, -0.15) is 0 Å². The van der Waals surface area contributed by atoms with E-state index in [1.165, 1.54) is 0 Å². The van der Waals surface area contributed by atoms with Crippen LogP contribution in [0.2, 0.25) is 15.1 Å². The second-order valence-electron chi connectivity index (χ2n) is 6.36. The van der Waals surface area contributed by atoms with Crippen molar-refractivity contribution in [1.82, 2.24) is 15.6 Å². The number of amides is 1. The quantitative estimate of drug-likeness (QED) is 0.400. The van der Waals surface area contributed by atoms with Crippen molar-refractivity contribution < 1.29 is 9.53 Å². The topological polar surface area (TPSA) is 89.3 Å². The number of nitrogens with one attached hydrogen (secondary N) is 2. The lowest BCUT2D eigenvalue weighted by Crippen LogP contribution is -2.30. The van der Waals surface area contributed by atoms with Gasteiger partial charge in [0.25, 0.3) is 5.91 Å². The Morgan fingerprint density at radius 2 is 1.86 bits per heavy atom. The zero-order valence-corrected chi connectivity index (χ0v) is 18.0. The van der Waals surface area contributed by atoms with Crippen molar-refractivity contribution in [3.05, 3.63) is 45.0 Å². The molecule has 1 amide bonds. The largest absolute Gasteiger partial charge is 0.383 e. The minimum Gasteiger partial charge on any atom is -0.383 e. The van der Waals surface area contributed by atoms with E-state index in [2.05, 4.69) is 29.5 Å². The Morgan fingerprint density at radius 3 is 2.54 bits per heavy atom. The maximum absolute atomic E-state index is 12.2. The Hall–Kier alpha value is -1.57. The van der Waals surface area contributed by atoms with Crippen molar-refractivity contribution in [3.8, 4) is 11.1 Å². The molecule has 0 aliphatic carbocycles. The summed E-state index contributed by atoms with van der Waals surface area (Å²) in [6.07, 6.45) is 0. The van der Waals surface area contributed by atoms with E-state index in [1.54, 1.807) is 24.3 Å². The monoisotopic (exact) mass is 444 g/mol. The fourth-order valence-corrected chi connectivity index (χ4v) is 3.13. The van der Waals surface area contributed by atoms with Crippen LogP contribution in [0.15, 0.2) is 24.3 Å². The summed E-state index contributed by atoms with van der Waals surface area (Å²) in [5, 5.41) is 7.05. The predicted octanol–water partition coefficient (Wildman–Crippen LogP) is 4.04. The highest BCUT2D eigenvalue weighted by Gasteiger charge is 2.15. The van der Waals surface area contributed by atoms with E-state index in [0.29, 0.717) is 52.0 Å². The van der Waals surface area contributed by atoms with Crippen LogP contribution in [-0.2, 0) is 4.74 Å². The van der Waals surface area contributed by atoms with Gasteiger partial charge in [0.05, 0.1) is 23.3 Å². The van der Waals surface area contributed by atoms with Crippen LogP contribution in [0.4, 0.5) is 5.82 Å². The first-order chi connectivity index (χ1) is 13.3. The Bertz CT molecular complexity index is 831. The van der Waals surface area contributed by atoms with Crippen molar-refractivity contribution in [2.45, 2.75) is 19.9 Å². The summed E-state index contributed by atoms with van der Waals surface area (Å²) in [6.45, 7) is 6.27. The summed E-state index contributed by atoms with van der Waals surface area (Å²) < 4.78 is 5.44. The van der Waals surface area contributed by atoms with Crippen molar-refractivity contribution >= 4 is 46.5 Å². The van der Waals surface area contributed by atoms with Gasteiger partial charge in [-0.05, 0) is 24.3 Å². The third-order valence-corrected chi connectivity index (χ3v) is 4.79. The number of pyridine rings is 1. The van der Waals surface area contributed by atoms with Crippen LogP contribution in [0.25, 0.3) is 11.1 Å². The van der Waals surface area contributed by atoms with Gasteiger partial charge in [-0.25, -0.2) is 4.98 Å². The van der Waals surface area contributed by atoms with E-state index in [9.17, 15) is 4.79 Å². The lowest BCUT2D eigenvalue weighted by atomic mass is 10.1. The van der Waals surface area contributed by atoms with Gasteiger partial charge in [-0.1, -0.05) is 48.7 Å². The van der Waals surface area contributed by atoms with Gasteiger partial charge in [-0.15, -0.1) is 0 Å². The van der Waals surface area contributed by atoms with Crippen LogP contribution in [0.5, 0.6) is 0 Å². The zero-order chi connectivity index (χ0) is 20.7. The van der Waals surface area contributed by atoms with Gasteiger partial charge in [0, 0.05) is 35.3 Å². The molecule has 6 nitrogen and oxygen atoms in total. The molecule has 1 aromatic carbocycles. The predicted molar refractivity (Wildman–Crippen MR) is 115 cm³/mol. The number of anilines is 1. The number of carbonyl (C=O) groups excluding carboxylic acids is 1. The number of halogens is 3. The van der Waals surface area contributed by atoms with E-state index >= 15 is 0 Å². The molecule has 0 saturated heterocycles. The summed E-state index contributed by atoms with van der Waals surface area (Å²) in [5.74, 6) is -0.179. The van der Waals surface area contributed by atoms with E-state index < -0.39 is 0 Å². The second kappa shape index (κ2) is 10.8. The summed E-state index contributed by atoms with van der Waals surface area (Å²) in [5.41, 5.74) is 7.33. The lowest BCUT2D eigenvalue weighted by Gasteiger charge is -2.11. The molecule has 1 heterocycles. The molecule has 0 atom stereocenters. The van der Waals surface area contributed by atoms with Gasteiger partial charge in [0.1, 0.15) is 11.5 Å². The third-order valence-electron chi connectivity index (χ3n) is 3.77. The number of aromatic nitrogens is 1. The molecule has 1 aromatic heterocycles. The smallest absolute Gasteiger partial charge is 0.270 e. The second-order valence-corrected chi connectivity index (χ2v) is 7.58. The van der Waals surface area contributed by atoms with Crippen molar-refractivity contribution in [2.75, 3.05) is 32.0 Å². The summed E-state index contributed by atoms with van der Waals surface area (Å²) in [4.78, 5) is 16.4. The average Bonchev–Trinajstić information content (AvgIpc) is 2.63. The minimum absolute atomic E-state index is 0.156. The van der Waals surface area contributed by atoms with Gasteiger partial charge in [-0.3, -0.25) is 4.79 Å². The number of rotatable bonds is 9. The number of hydrogen-bond donors (Lipinski definition) is 3. The van der Waals surface area contributed by atoms with E-state index in [-0.39, 0.29) is 17.4 Å². The number of nitrogens with zero attached hydrogens (tertiary/aromatic N) is 1. The standard InChI is InChI=1S/C19H23Cl3N4O2/c1-11(2)24-5-7-28-8-6-25-19(27)16-4-3-13(18(23)26-16)14-9-12(20)10-15(21)17(14)22/h3-4,9-11,24H,5-8H2,1-2H3,(H2,23,26)(H,25,27). The summed E-state index contributed by atoms with van der Waals surface area (Å²) in [7, 11) is 0.